The van der Waals surface area contributed by atoms with Crippen LogP contribution < -0.4 is 0 Å². The van der Waals surface area contributed by atoms with Crippen molar-refractivity contribution in [3.05, 3.63) is 24.3 Å². The summed E-state index contributed by atoms with van der Waals surface area (Å²) in [6, 6.07) is 0. The average Bonchev–Trinajstić information content (AvgIpc) is 2.66. The number of esters is 2. The van der Waals surface area contributed by atoms with Gasteiger partial charge in [0.15, 0.2) is 0 Å². The van der Waals surface area contributed by atoms with Crippen LogP contribution in [-0.4, -0.2) is 57.3 Å². The van der Waals surface area contributed by atoms with Gasteiger partial charge in [0.05, 0.1) is 0 Å². The zero-order chi connectivity index (χ0) is 20.7. The zero-order valence-corrected chi connectivity index (χ0v) is 19.2. The Kier molecular flexibility index (Phi) is 13.3. The van der Waals surface area contributed by atoms with E-state index < -0.39 is 43.1 Å². The molecule has 0 rings (SSSR count). The summed E-state index contributed by atoms with van der Waals surface area (Å²) < 4.78 is 21.1. The van der Waals surface area contributed by atoms with Gasteiger partial charge in [-0.25, -0.2) is 0 Å². The van der Waals surface area contributed by atoms with Crippen LogP contribution in [0.15, 0.2) is 24.3 Å². The van der Waals surface area contributed by atoms with Crippen molar-refractivity contribution in [2.75, 3.05) is 14.2 Å². The third kappa shape index (κ3) is 11.5. The molecule has 0 bridgehead atoms. The fourth-order valence-corrected chi connectivity index (χ4v) is 11.7. The summed E-state index contributed by atoms with van der Waals surface area (Å²) in [5.74, 6) is -2.86. The van der Waals surface area contributed by atoms with Crippen LogP contribution in [-0.2, 0) is 34.8 Å². The minimum atomic E-state index is -4.13. The molecule has 0 unspecified atom stereocenters. The second kappa shape index (κ2) is 14.2. The molecule has 0 heterocycles. The van der Waals surface area contributed by atoms with Gasteiger partial charge in [-0.15, -0.1) is 0 Å². The van der Waals surface area contributed by atoms with Gasteiger partial charge < -0.3 is 0 Å². The fraction of sp³-hybridized carbons (Fsp3) is 0.556. The normalized spacial score (nSPS) is 11.4. The van der Waals surface area contributed by atoms with Crippen molar-refractivity contribution in [2.24, 2.45) is 0 Å². The monoisotopic (exact) mass is 492 g/mol. The van der Waals surface area contributed by atoms with Crippen molar-refractivity contribution in [3.63, 3.8) is 0 Å². The molecular formula is C18H28O8Sn. The first-order valence-corrected chi connectivity index (χ1v) is 15.2. The zero-order valence-electron chi connectivity index (χ0n) is 16.3. The predicted molar refractivity (Wildman–Crippen MR) is 99.7 cm³/mol. The molecule has 0 aromatic carbocycles. The van der Waals surface area contributed by atoms with Crippen molar-refractivity contribution < 1.29 is 34.8 Å². The Hall–Kier alpha value is -1.84. The third-order valence-corrected chi connectivity index (χ3v) is 13.1. The molecule has 0 aliphatic heterocycles. The third-order valence-electron chi connectivity index (χ3n) is 3.51. The molecule has 0 aliphatic rings. The second-order valence-corrected chi connectivity index (χ2v) is 14.9. The second-order valence-electron chi connectivity index (χ2n) is 5.67. The molecule has 0 N–H and O–H groups in total. The van der Waals surface area contributed by atoms with Crippen molar-refractivity contribution in [2.45, 2.75) is 48.4 Å². The Morgan fingerprint density at radius 2 is 1.00 bits per heavy atom. The Labute approximate surface area is 164 Å². The summed E-state index contributed by atoms with van der Waals surface area (Å²) >= 11 is -4.13. The van der Waals surface area contributed by atoms with Crippen molar-refractivity contribution in [1.29, 1.82) is 0 Å². The van der Waals surface area contributed by atoms with Gasteiger partial charge in [0.25, 0.3) is 0 Å². The van der Waals surface area contributed by atoms with Gasteiger partial charge in [0.2, 0.25) is 0 Å². The quantitative estimate of drug-likeness (QED) is 0.233. The molecule has 0 saturated heterocycles. The fourth-order valence-electron chi connectivity index (χ4n) is 2.09. The molecule has 9 heteroatoms. The first kappa shape index (κ1) is 25.2. The van der Waals surface area contributed by atoms with Crippen LogP contribution in [0.2, 0.25) is 8.87 Å². The molecule has 0 atom stereocenters. The number of unbranched alkanes of at least 4 members (excludes halogenated alkanes) is 2. The molecule has 8 nitrogen and oxygen atoms in total. The maximum absolute atomic E-state index is 12.2. The summed E-state index contributed by atoms with van der Waals surface area (Å²) in [7, 11) is 2.39. The molecular weight excluding hydrogens is 463 g/mol. The van der Waals surface area contributed by atoms with Crippen LogP contribution in [0.5, 0.6) is 0 Å². The van der Waals surface area contributed by atoms with Gasteiger partial charge in [-0.2, -0.15) is 0 Å². The first-order valence-electron chi connectivity index (χ1n) is 8.80. The number of hydrogen-bond donors (Lipinski definition) is 0. The van der Waals surface area contributed by atoms with E-state index in [4.69, 9.17) is 6.15 Å². The topological polar surface area (TPSA) is 105 Å². The van der Waals surface area contributed by atoms with Crippen molar-refractivity contribution >= 4 is 43.1 Å². The first-order chi connectivity index (χ1) is 12.8. The van der Waals surface area contributed by atoms with E-state index in [9.17, 15) is 19.2 Å². The van der Waals surface area contributed by atoms with E-state index in [2.05, 4.69) is 9.47 Å². The van der Waals surface area contributed by atoms with Gasteiger partial charge in [-0.3, -0.25) is 0 Å². The maximum atomic E-state index is 12.2. The number of hydrogen-bond acceptors (Lipinski definition) is 8. The number of ether oxygens (including phenoxy) is 2. The number of carbonyl (C=O) groups excluding carboxylic acids is 4. The van der Waals surface area contributed by atoms with Crippen LogP contribution in [0, 0.1) is 0 Å². The molecule has 0 fully saturated rings. The average molecular weight is 491 g/mol. The molecule has 0 aliphatic carbocycles. The van der Waals surface area contributed by atoms with Crippen LogP contribution in [0.3, 0.4) is 0 Å². The minimum absolute atomic E-state index is 0.501. The van der Waals surface area contributed by atoms with E-state index in [-0.39, 0.29) is 0 Å². The van der Waals surface area contributed by atoms with Crippen LogP contribution in [0.4, 0.5) is 0 Å². The number of rotatable bonds is 12. The van der Waals surface area contributed by atoms with Crippen LogP contribution in [0.25, 0.3) is 0 Å². The van der Waals surface area contributed by atoms with E-state index in [0.29, 0.717) is 8.87 Å². The van der Waals surface area contributed by atoms with E-state index in [0.717, 1.165) is 50.0 Å². The van der Waals surface area contributed by atoms with Crippen LogP contribution >= 0.6 is 0 Å². The van der Waals surface area contributed by atoms with E-state index in [1.54, 1.807) is 0 Å². The summed E-state index contributed by atoms with van der Waals surface area (Å²) in [6.07, 6.45) is 7.01. The van der Waals surface area contributed by atoms with Crippen molar-refractivity contribution in [3.8, 4) is 0 Å². The molecule has 0 saturated carbocycles. The Bertz CT molecular complexity index is 518. The predicted octanol–water partition coefficient (Wildman–Crippen LogP) is 2.57. The Morgan fingerprint density at radius 1 is 0.667 bits per heavy atom. The van der Waals surface area contributed by atoms with Gasteiger partial charge >= 0.3 is 165 Å². The standard InChI is InChI=1S/2C5H6O4.2C4H9.Sn/c2*1-9-5(8)3-2-4(6)7;2*1-3-4-2;/h2*2-3H,1H3,(H,6,7);2*1,3-4H2,2H3;/q;;;;+2/p-2. The molecule has 152 valence electrons. The molecule has 0 radical (unpaired) electrons. The Morgan fingerprint density at radius 3 is 1.30 bits per heavy atom. The molecule has 0 amide bonds. The van der Waals surface area contributed by atoms with Crippen LogP contribution in [0.1, 0.15) is 39.5 Å². The van der Waals surface area contributed by atoms with E-state index in [1.807, 2.05) is 13.8 Å². The molecule has 0 aromatic heterocycles. The summed E-state index contributed by atoms with van der Waals surface area (Å²) in [5, 5.41) is 0. The Balaban J connectivity index is 5.41. The van der Waals surface area contributed by atoms with Gasteiger partial charge in [-0.1, -0.05) is 0 Å². The van der Waals surface area contributed by atoms with Gasteiger partial charge in [-0.05, 0) is 0 Å². The molecule has 0 aromatic rings. The van der Waals surface area contributed by atoms with E-state index in [1.165, 1.54) is 14.2 Å². The van der Waals surface area contributed by atoms with Gasteiger partial charge in [0, 0.05) is 0 Å². The number of carbonyl (C=O) groups is 4. The molecule has 27 heavy (non-hydrogen) atoms. The SMILES string of the molecule is CCC[CH2][Sn]([CH2]CCC)([O]C(=O)C=CC(=O)OC)[O]C(=O)C=CC(=O)OC. The summed E-state index contributed by atoms with van der Waals surface area (Å²) in [5.41, 5.74) is 0. The summed E-state index contributed by atoms with van der Waals surface area (Å²) in [4.78, 5) is 46.6. The number of methoxy groups -OCH3 is 2. The van der Waals surface area contributed by atoms with Crippen molar-refractivity contribution in [1.82, 2.24) is 0 Å². The molecule has 0 spiro atoms. The summed E-state index contributed by atoms with van der Waals surface area (Å²) in [6.45, 7) is 3.96. The van der Waals surface area contributed by atoms with Gasteiger partial charge in [0.1, 0.15) is 0 Å². The van der Waals surface area contributed by atoms with E-state index >= 15 is 0 Å².